The predicted molar refractivity (Wildman–Crippen MR) is 111 cm³/mol. The minimum Gasteiger partial charge on any atom is -0.485 e. The fourth-order valence-electron chi connectivity index (χ4n) is 3.21. The van der Waals surface area contributed by atoms with Crippen molar-refractivity contribution in [2.45, 2.75) is 12.6 Å². The number of nitrogens with zero attached hydrogens (tertiary/aromatic N) is 3. The molecule has 1 aliphatic heterocycles. The molecule has 2 aromatic heterocycles. The number of rotatable bonds is 4. The van der Waals surface area contributed by atoms with Gasteiger partial charge in [0, 0.05) is 6.20 Å². The number of pyridine rings is 1. The summed E-state index contributed by atoms with van der Waals surface area (Å²) >= 11 is 1.25. The van der Waals surface area contributed by atoms with Gasteiger partial charge in [-0.2, -0.15) is 0 Å². The van der Waals surface area contributed by atoms with Crippen molar-refractivity contribution in [3.63, 3.8) is 0 Å². The van der Waals surface area contributed by atoms with Crippen molar-refractivity contribution in [2.75, 3.05) is 11.5 Å². The lowest BCUT2D eigenvalue weighted by Gasteiger charge is -2.29. The van der Waals surface area contributed by atoms with Crippen LogP contribution in [-0.4, -0.2) is 28.6 Å². The number of benzene rings is 2. The highest BCUT2D eigenvalue weighted by Gasteiger charge is 2.33. The van der Waals surface area contributed by atoms with Crippen LogP contribution >= 0.6 is 11.3 Å². The van der Waals surface area contributed by atoms with Crippen LogP contribution in [0.2, 0.25) is 0 Å². The summed E-state index contributed by atoms with van der Waals surface area (Å²) in [5.41, 5.74) is 1.33. The normalized spacial score (nSPS) is 15.2. The van der Waals surface area contributed by atoms with E-state index in [0.717, 1.165) is 0 Å². The van der Waals surface area contributed by atoms with Crippen LogP contribution in [0.4, 0.5) is 9.52 Å². The van der Waals surface area contributed by atoms with E-state index in [1.807, 2.05) is 30.3 Å². The summed E-state index contributed by atoms with van der Waals surface area (Å²) in [6.07, 6.45) is 0.842. The number of para-hydroxylation sites is 2. The third kappa shape index (κ3) is 3.57. The molecule has 0 saturated carbocycles. The van der Waals surface area contributed by atoms with Gasteiger partial charge in [0.25, 0.3) is 5.91 Å². The fourth-order valence-corrected chi connectivity index (χ4v) is 4.21. The van der Waals surface area contributed by atoms with E-state index in [0.29, 0.717) is 32.5 Å². The molecule has 2 aromatic carbocycles. The molecule has 0 fully saturated rings. The van der Waals surface area contributed by atoms with Crippen LogP contribution in [0.15, 0.2) is 66.9 Å². The third-order valence-corrected chi connectivity index (χ3v) is 5.71. The molecule has 5 rings (SSSR count). The largest absolute Gasteiger partial charge is 0.485 e. The second kappa shape index (κ2) is 7.72. The van der Waals surface area contributed by atoms with Crippen molar-refractivity contribution in [2.24, 2.45) is 0 Å². The summed E-state index contributed by atoms with van der Waals surface area (Å²) in [6, 6.07) is 17.1. The average molecular weight is 421 g/mol. The van der Waals surface area contributed by atoms with Gasteiger partial charge in [-0.05, 0) is 42.5 Å². The number of aromatic nitrogens is 2. The van der Waals surface area contributed by atoms with Crippen molar-refractivity contribution in [1.82, 2.24) is 9.97 Å². The van der Waals surface area contributed by atoms with E-state index < -0.39 is 6.10 Å². The van der Waals surface area contributed by atoms with Gasteiger partial charge >= 0.3 is 0 Å². The Labute approximate surface area is 175 Å². The van der Waals surface area contributed by atoms with Crippen molar-refractivity contribution in [3.05, 3.63) is 78.4 Å². The van der Waals surface area contributed by atoms with E-state index in [1.54, 1.807) is 24.4 Å². The molecular weight excluding hydrogens is 405 g/mol. The molecule has 1 unspecified atom stereocenters. The Kier molecular flexibility index (Phi) is 4.76. The van der Waals surface area contributed by atoms with Gasteiger partial charge in [0.1, 0.15) is 12.4 Å². The molecule has 0 N–H and O–H groups in total. The van der Waals surface area contributed by atoms with Gasteiger partial charge in [-0.3, -0.25) is 14.7 Å². The number of amides is 1. The highest BCUT2D eigenvalue weighted by molar-refractivity contribution is 7.22. The first-order chi connectivity index (χ1) is 14.7. The number of anilines is 1. The molecule has 6 nitrogen and oxygen atoms in total. The molecule has 1 aliphatic rings. The van der Waals surface area contributed by atoms with E-state index in [1.165, 1.54) is 28.4 Å². The van der Waals surface area contributed by atoms with Gasteiger partial charge in [0.05, 0.1) is 22.5 Å². The summed E-state index contributed by atoms with van der Waals surface area (Å²) in [5, 5.41) is 0.453. The van der Waals surface area contributed by atoms with Crippen molar-refractivity contribution in [3.8, 4) is 11.5 Å². The number of carbonyl (C=O) groups excluding carboxylic acids is 1. The molecule has 0 radical (unpaired) electrons. The number of hydrogen-bond donors (Lipinski definition) is 0. The number of carbonyl (C=O) groups is 1. The monoisotopic (exact) mass is 421 g/mol. The quantitative estimate of drug-likeness (QED) is 0.494. The lowest BCUT2D eigenvalue weighted by molar-refractivity contribution is -0.127. The van der Waals surface area contributed by atoms with Crippen molar-refractivity contribution < 1.29 is 18.7 Å². The molecule has 8 heteroatoms. The summed E-state index contributed by atoms with van der Waals surface area (Å²) in [5.74, 6) is 0.482. The lowest BCUT2D eigenvalue weighted by atomic mass is 10.2. The minimum atomic E-state index is -0.827. The first kappa shape index (κ1) is 18.5. The van der Waals surface area contributed by atoms with Gasteiger partial charge < -0.3 is 9.47 Å². The number of fused-ring (bicyclic) bond motifs is 2. The summed E-state index contributed by atoms with van der Waals surface area (Å²) in [7, 11) is 0. The molecule has 1 atom stereocenters. The minimum absolute atomic E-state index is 0.0914. The number of ether oxygens (including phenoxy) is 2. The Hall–Kier alpha value is -3.52. The van der Waals surface area contributed by atoms with E-state index in [4.69, 9.17) is 9.47 Å². The molecule has 3 heterocycles. The van der Waals surface area contributed by atoms with Gasteiger partial charge in [0.15, 0.2) is 16.6 Å². The maximum absolute atomic E-state index is 13.6. The van der Waals surface area contributed by atoms with Gasteiger partial charge in [0.2, 0.25) is 6.10 Å². The summed E-state index contributed by atoms with van der Waals surface area (Å²) < 4.78 is 25.9. The van der Waals surface area contributed by atoms with Gasteiger partial charge in [-0.1, -0.05) is 29.5 Å². The van der Waals surface area contributed by atoms with Crippen molar-refractivity contribution in [1.29, 1.82) is 0 Å². The van der Waals surface area contributed by atoms with Crippen LogP contribution in [0.25, 0.3) is 10.2 Å². The third-order valence-electron chi connectivity index (χ3n) is 4.67. The van der Waals surface area contributed by atoms with Gasteiger partial charge in [-0.15, -0.1) is 0 Å². The zero-order valence-corrected chi connectivity index (χ0v) is 16.5. The van der Waals surface area contributed by atoms with Crippen LogP contribution in [0.5, 0.6) is 11.5 Å². The predicted octanol–water partition coefficient (Wildman–Crippen LogP) is 4.20. The Morgan fingerprint density at radius 3 is 2.80 bits per heavy atom. The van der Waals surface area contributed by atoms with Crippen molar-refractivity contribution >= 4 is 32.6 Å². The lowest BCUT2D eigenvalue weighted by Crippen LogP contribution is -2.46. The van der Waals surface area contributed by atoms with Crippen LogP contribution in [0.3, 0.4) is 0 Å². The molecular formula is C22H16FN3O3S. The van der Waals surface area contributed by atoms with Crippen LogP contribution in [0.1, 0.15) is 5.69 Å². The SMILES string of the molecule is O=C(C1COc2ccccc2O1)N(Cc1ccccn1)c1nc2ccc(F)cc2s1. The zero-order chi connectivity index (χ0) is 20.5. The second-order valence-electron chi connectivity index (χ2n) is 6.72. The number of halogens is 1. The second-order valence-corrected chi connectivity index (χ2v) is 7.73. The van der Waals surface area contributed by atoms with E-state index in [9.17, 15) is 9.18 Å². The smallest absolute Gasteiger partial charge is 0.273 e. The zero-order valence-electron chi connectivity index (χ0n) is 15.7. The number of thiazole rings is 1. The molecule has 150 valence electrons. The van der Waals surface area contributed by atoms with Crippen LogP contribution in [-0.2, 0) is 11.3 Å². The highest BCUT2D eigenvalue weighted by Crippen LogP contribution is 2.34. The van der Waals surface area contributed by atoms with Crippen LogP contribution in [0, 0.1) is 5.82 Å². The fraction of sp³-hybridized carbons (Fsp3) is 0.136. The Morgan fingerprint density at radius 1 is 1.13 bits per heavy atom. The van der Waals surface area contributed by atoms with E-state index in [-0.39, 0.29) is 24.9 Å². The van der Waals surface area contributed by atoms with Gasteiger partial charge in [-0.25, -0.2) is 9.37 Å². The summed E-state index contributed by atoms with van der Waals surface area (Å²) in [4.78, 5) is 23.8. The van der Waals surface area contributed by atoms with Crippen LogP contribution < -0.4 is 14.4 Å². The Bertz CT molecular complexity index is 1210. The molecule has 4 aromatic rings. The molecule has 0 bridgehead atoms. The van der Waals surface area contributed by atoms with E-state index >= 15 is 0 Å². The standard InChI is InChI=1S/C22H16FN3O3S/c23-14-8-9-16-20(11-14)30-22(25-16)26(12-15-5-3-4-10-24-15)21(27)19-13-28-17-6-1-2-7-18(17)29-19/h1-11,19H,12-13H2. The average Bonchev–Trinajstić information content (AvgIpc) is 3.20. The Balaban J connectivity index is 1.49. The molecule has 30 heavy (non-hydrogen) atoms. The molecule has 0 saturated heterocycles. The van der Waals surface area contributed by atoms with E-state index in [2.05, 4.69) is 9.97 Å². The summed E-state index contributed by atoms with van der Waals surface area (Å²) in [6.45, 7) is 0.303. The first-order valence-corrected chi connectivity index (χ1v) is 10.1. The highest BCUT2D eigenvalue weighted by atomic mass is 32.1. The maximum atomic E-state index is 13.6. The molecule has 0 spiro atoms. The number of hydrogen-bond acceptors (Lipinski definition) is 6. The maximum Gasteiger partial charge on any atom is 0.273 e. The molecule has 1 amide bonds. The Morgan fingerprint density at radius 2 is 1.97 bits per heavy atom. The molecule has 0 aliphatic carbocycles. The first-order valence-electron chi connectivity index (χ1n) is 9.33. The topological polar surface area (TPSA) is 64.6 Å².